The van der Waals surface area contributed by atoms with Crippen molar-refractivity contribution in [3.05, 3.63) is 27.7 Å². The Morgan fingerprint density at radius 3 is 2.67 bits per heavy atom. The van der Waals surface area contributed by atoms with Gasteiger partial charge in [0.05, 0.1) is 15.2 Å². The van der Waals surface area contributed by atoms with Gasteiger partial charge in [0.2, 0.25) is 5.91 Å². The number of amides is 2. The van der Waals surface area contributed by atoms with Crippen LogP contribution in [-0.2, 0) is 9.59 Å². The maximum atomic E-state index is 13.0. The molecule has 0 radical (unpaired) electrons. The molecule has 0 unspecified atom stereocenters. The number of halogens is 2. The molecule has 4 nitrogen and oxygen atoms in total. The lowest BCUT2D eigenvalue weighted by molar-refractivity contribution is -0.129. The molecule has 2 aliphatic rings. The van der Waals surface area contributed by atoms with E-state index in [2.05, 4.69) is 21.2 Å². The van der Waals surface area contributed by atoms with Crippen LogP contribution in [0.3, 0.4) is 0 Å². The molecule has 1 heterocycles. The number of benzene rings is 1. The van der Waals surface area contributed by atoms with E-state index in [0.29, 0.717) is 35.3 Å². The highest BCUT2D eigenvalue weighted by atomic mass is 79.9. The molecule has 1 saturated heterocycles. The highest BCUT2D eigenvalue weighted by Gasteiger charge is 2.47. The molecule has 6 heteroatoms. The van der Waals surface area contributed by atoms with Crippen molar-refractivity contribution in [1.82, 2.24) is 5.32 Å². The summed E-state index contributed by atoms with van der Waals surface area (Å²) in [6, 6.07) is 5.44. The fourth-order valence-electron chi connectivity index (χ4n) is 3.20. The molecule has 1 aromatic rings. The summed E-state index contributed by atoms with van der Waals surface area (Å²) in [5, 5.41) is 3.52. The maximum Gasteiger partial charge on any atom is 0.252 e. The molecule has 0 atom stereocenters. The molecule has 0 aromatic heterocycles. The van der Waals surface area contributed by atoms with Crippen LogP contribution in [-0.4, -0.2) is 23.9 Å². The van der Waals surface area contributed by atoms with E-state index in [1.165, 1.54) is 0 Å². The van der Waals surface area contributed by atoms with E-state index in [4.69, 9.17) is 11.6 Å². The summed E-state index contributed by atoms with van der Waals surface area (Å²) >= 11 is 9.58. The van der Waals surface area contributed by atoms with Crippen LogP contribution in [0.2, 0.25) is 5.02 Å². The van der Waals surface area contributed by atoms with Crippen molar-refractivity contribution in [3.63, 3.8) is 0 Å². The first kappa shape index (κ1) is 14.9. The Hall–Kier alpha value is -1.07. The Kier molecular flexibility index (Phi) is 3.97. The van der Waals surface area contributed by atoms with E-state index in [1.54, 1.807) is 11.0 Å². The van der Waals surface area contributed by atoms with E-state index < -0.39 is 5.54 Å². The van der Waals surface area contributed by atoms with Crippen LogP contribution in [0.1, 0.15) is 32.1 Å². The summed E-state index contributed by atoms with van der Waals surface area (Å²) in [4.78, 5) is 26.7. The zero-order valence-electron chi connectivity index (χ0n) is 11.5. The molecule has 1 aromatic carbocycles. The van der Waals surface area contributed by atoms with Gasteiger partial charge in [0, 0.05) is 13.0 Å². The fourth-order valence-corrected chi connectivity index (χ4v) is 3.85. The van der Waals surface area contributed by atoms with E-state index in [0.717, 1.165) is 18.5 Å². The number of anilines is 1. The second-order valence-corrected chi connectivity index (χ2v) is 6.82. The monoisotopic (exact) mass is 370 g/mol. The van der Waals surface area contributed by atoms with Crippen molar-refractivity contribution in [1.29, 1.82) is 0 Å². The maximum absolute atomic E-state index is 13.0. The summed E-state index contributed by atoms with van der Waals surface area (Å²) in [5.74, 6) is -0.0697. The van der Waals surface area contributed by atoms with Crippen molar-refractivity contribution in [3.8, 4) is 0 Å². The van der Waals surface area contributed by atoms with Gasteiger partial charge < -0.3 is 10.2 Å². The molecule has 21 heavy (non-hydrogen) atoms. The first-order chi connectivity index (χ1) is 10.0. The number of nitrogens with one attached hydrogen (secondary N) is 1. The van der Waals surface area contributed by atoms with Crippen LogP contribution in [0.15, 0.2) is 22.7 Å². The molecular weight excluding hydrogens is 356 g/mol. The van der Waals surface area contributed by atoms with Gasteiger partial charge in [-0.25, -0.2) is 0 Å². The van der Waals surface area contributed by atoms with Gasteiger partial charge in [0.15, 0.2) is 0 Å². The number of carbonyl (C=O) groups is 2. The van der Waals surface area contributed by atoms with Gasteiger partial charge in [-0.1, -0.05) is 30.5 Å². The number of nitrogens with zero attached hydrogens (tertiary/aromatic N) is 1. The minimum atomic E-state index is -0.727. The third kappa shape index (κ3) is 2.57. The van der Waals surface area contributed by atoms with Gasteiger partial charge >= 0.3 is 0 Å². The number of rotatable bonds is 1. The third-order valence-electron chi connectivity index (χ3n) is 4.27. The standard InChI is InChI=1S/C15H16BrClN2O2/c16-13-10(17)4-3-5-11(13)19-9-6-12(20)18-15(14(19)21)7-1-2-8-15/h3-5H,1-2,6-9H2,(H,18,20). The highest BCUT2D eigenvalue weighted by molar-refractivity contribution is 9.10. The SMILES string of the molecule is O=C1CCN(c2cccc(Cl)c2Br)C(=O)C2(CCCC2)N1. The van der Waals surface area contributed by atoms with Crippen molar-refractivity contribution in [2.45, 2.75) is 37.6 Å². The third-order valence-corrected chi connectivity index (χ3v) is 5.65. The summed E-state index contributed by atoms with van der Waals surface area (Å²) in [7, 11) is 0. The zero-order valence-corrected chi connectivity index (χ0v) is 13.8. The first-order valence-corrected chi connectivity index (χ1v) is 8.28. The summed E-state index contributed by atoms with van der Waals surface area (Å²) in [6.07, 6.45) is 3.68. The summed E-state index contributed by atoms with van der Waals surface area (Å²) < 4.78 is 0.697. The smallest absolute Gasteiger partial charge is 0.252 e. The Balaban J connectivity index is 2.03. The minimum Gasteiger partial charge on any atom is -0.342 e. The van der Waals surface area contributed by atoms with Crippen molar-refractivity contribution in [2.75, 3.05) is 11.4 Å². The van der Waals surface area contributed by atoms with E-state index in [-0.39, 0.29) is 11.8 Å². The molecule has 1 saturated carbocycles. The van der Waals surface area contributed by atoms with E-state index in [1.807, 2.05) is 12.1 Å². The lowest BCUT2D eigenvalue weighted by Gasteiger charge is -2.32. The predicted octanol–water partition coefficient (Wildman–Crippen LogP) is 3.27. The molecular formula is C15H16BrClN2O2. The fraction of sp³-hybridized carbons (Fsp3) is 0.467. The number of hydrogen-bond acceptors (Lipinski definition) is 2. The summed E-state index contributed by atoms with van der Waals surface area (Å²) in [5.41, 5.74) is 0.00489. The quantitative estimate of drug-likeness (QED) is 0.823. The van der Waals surface area contributed by atoms with Crippen LogP contribution in [0.25, 0.3) is 0 Å². The molecule has 1 aliphatic carbocycles. The molecule has 2 fully saturated rings. The minimum absolute atomic E-state index is 0.0196. The normalized spacial score (nSPS) is 21.5. The van der Waals surface area contributed by atoms with E-state index >= 15 is 0 Å². The van der Waals surface area contributed by atoms with Gasteiger partial charge in [0.25, 0.3) is 5.91 Å². The van der Waals surface area contributed by atoms with Crippen LogP contribution in [0, 0.1) is 0 Å². The van der Waals surface area contributed by atoms with Crippen LogP contribution in [0.4, 0.5) is 5.69 Å². The van der Waals surface area contributed by atoms with Gasteiger partial charge in [-0.3, -0.25) is 9.59 Å². The molecule has 0 bridgehead atoms. The Morgan fingerprint density at radius 2 is 1.95 bits per heavy atom. The molecule has 1 aliphatic heterocycles. The van der Waals surface area contributed by atoms with Crippen LogP contribution in [0.5, 0.6) is 0 Å². The lowest BCUT2D eigenvalue weighted by atomic mass is 9.95. The van der Waals surface area contributed by atoms with Crippen LogP contribution >= 0.6 is 27.5 Å². The Labute approximate surface area is 137 Å². The molecule has 112 valence electrons. The topological polar surface area (TPSA) is 49.4 Å². The van der Waals surface area contributed by atoms with Gasteiger partial charge in [-0.05, 0) is 40.9 Å². The summed E-state index contributed by atoms with van der Waals surface area (Å²) in [6.45, 7) is 0.380. The van der Waals surface area contributed by atoms with Crippen molar-refractivity contribution < 1.29 is 9.59 Å². The van der Waals surface area contributed by atoms with Gasteiger partial charge in [-0.15, -0.1) is 0 Å². The molecule has 1 spiro atoms. The van der Waals surface area contributed by atoms with E-state index in [9.17, 15) is 9.59 Å². The second kappa shape index (κ2) is 5.61. The number of carbonyl (C=O) groups excluding carboxylic acids is 2. The molecule has 1 N–H and O–H groups in total. The first-order valence-electron chi connectivity index (χ1n) is 7.10. The Bertz CT molecular complexity index is 599. The van der Waals surface area contributed by atoms with Gasteiger partial charge in [0.1, 0.15) is 5.54 Å². The molecule has 2 amide bonds. The highest BCUT2D eigenvalue weighted by Crippen LogP contribution is 2.38. The number of hydrogen-bond donors (Lipinski definition) is 1. The van der Waals surface area contributed by atoms with Crippen LogP contribution < -0.4 is 10.2 Å². The zero-order chi connectivity index (χ0) is 15.0. The largest absolute Gasteiger partial charge is 0.342 e. The van der Waals surface area contributed by atoms with Crippen molar-refractivity contribution >= 4 is 45.0 Å². The lowest BCUT2D eigenvalue weighted by Crippen LogP contribution is -2.55. The average molecular weight is 372 g/mol. The molecule has 3 rings (SSSR count). The second-order valence-electron chi connectivity index (χ2n) is 5.62. The average Bonchev–Trinajstić information content (AvgIpc) is 2.88. The Morgan fingerprint density at radius 1 is 1.24 bits per heavy atom. The van der Waals surface area contributed by atoms with Gasteiger partial charge in [-0.2, -0.15) is 0 Å². The predicted molar refractivity (Wildman–Crippen MR) is 85.5 cm³/mol. The van der Waals surface area contributed by atoms with Crippen molar-refractivity contribution in [2.24, 2.45) is 0 Å².